The van der Waals surface area contributed by atoms with Crippen molar-refractivity contribution >= 4 is 0 Å². The van der Waals surface area contributed by atoms with Crippen molar-refractivity contribution in [1.29, 1.82) is 0 Å². The Morgan fingerprint density at radius 2 is 2.00 bits per heavy atom. The Morgan fingerprint density at radius 1 is 1.20 bits per heavy atom. The smallest absolute Gasteiger partial charge is 0.0658 e. The van der Waals surface area contributed by atoms with E-state index in [0.29, 0.717) is 17.6 Å². The molecule has 0 amide bonds. The maximum absolute atomic E-state index is 5.88. The summed E-state index contributed by atoms with van der Waals surface area (Å²) >= 11 is 0. The lowest BCUT2D eigenvalue weighted by Gasteiger charge is -2.54. The first-order chi connectivity index (χ1) is 9.60. The second kappa shape index (κ2) is 7.26. The molecule has 0 radical (unpaired) electrons. The topological polar surface area (TPSA) is 21.3 Å². The number of ether oxygens (including phenoxy) is 1. The second-order valence-corrected chi connectivity index (χ2v) is 7.47. The summed E-state index contributed by atoms with van der Waals surface area (Å²) in [4.78, 5) is 0. The molecule has 118 valence electrons. The van der Waals surface area contributed by atoms with Gasteiger partial charge in [-0.3, -0.25) is 0 Å². The Labute approximate surface area is 126 Å². The zero-order valence-corrected chi connectivity index (χ0v) is 14.1. The molecular weight excluding hydrogens is 246 g/mol. The van der Waals surface area contributed by atoms with Gasteiger partial charge in [0.25, 0.3) is 0 Å². The number of hydrogen-bond donors (Lipinski definition) is 1. The first kappa shape index (κ1) is 16.3. The predicted molar refractivity (Wildman–Crippen MR) is 86.0 cm³/mol. The van der Waals surface area contributed by atoms with Crippen LogP contribution in [0.2, 0.25) is 0 Å². The fourth-order valence-corrected chi connectivity index (χ4v) is 4.35. The molecule has 2 saturated carbocycles. The summed E-state index contributed by atoms with van der Waals surface area (Å²) in [6, 6.07) is 0.671. The summed E-state index contributed by atoms with van der Waals surface area (Å²) < 4.78 is 5.88. The highest BCUT2D eigenvalue weighted by Gasteiger charge is 2.50. The van der Waals surface area contributed by atoms with Gasteiger partial charge in [-0.2, -0.15) is 0 Å². The van der Waals surface area contributed by atoms with E-state index in [1.165, 1.54) is 51.5 Å². The van der Waals surface area contributed by atoms with Crippen LogP contribution in [0.4, 0.5) is 0 Å². The van der Waals surface area contributed by atoms with Crippen molar-refractivity contribution in [3.8, 4) is 0 Å². The van der Waals surface area contributed by atoms with Crippen molar-refractivity contribution in [3.05, 3.63) is 0 Å². The first-order valence-corrected chi connectivity index (χ1v) is 8.95. The minimum Gasteiger partial charge on any atom is -0.378 e. The first-order valence-electron chi connectivity index (χ1n) is 8.95. The zero-order chi connectivity index (χ0) is 14.6. The Hall–Kier alpha value is -0.0800. The fraction of sp³-hybridized carbons (Fsp3) is 1.00. The number of nitrogens with one attached hydrogen (secondary N) is 1. The van der Waals surface area contributed by atoms with Crippen LogP contribution in [-0.2, 0) is 4.74 Å². The normalized spacial score (nSPS) is 41.4. The van der Waals surface area contributed by atoms with E-state index in [4.69, 9.17) is 4.74 Å². The van der Waals surface area contributed by atoms with Crippen LogP contribution in [0, 0.1) is 17.3 Å². The van der Waals surface area contributed by atoms with E-state index in [1.807, 2.05) is 0 Å². The van der Waals surface area contributed by atoms with Gasteiger partial charge in [0.2, 0.25) is 0 Å². The molecule has 0 aromatic carbocycles. The lowest BCUT2D eigenvalue weighted by Crippen LogP contribution is -2.62. The standard InChI is InChI=1S/C18H35NO/c1-5-18(4)16(13-17(18)20-6-2)19-11-10-15-9-7-8-14(3)12-15/h14-17,19H,5-13H2,1-4H3. The highest BCUT2D eigenvalue weighted by molar-refractivity contribution is 5.04. The summed E-state index contributed by atoms with van der Waals surface area (Å²) in [7, 11) is 0. The lowest BCUT2D eigenvalue weighted by molar-refractivity contribution is -0.125. The summed E-state index contributed by atoms with van der Waals surface area (Å²) in [5.74, 6) is 1.93. The van der Waals surface area contributed by atoms with Crippen LogP contribution in [0.5, 0.6) is 0 Å². The number of rotatable bonds is 7. The third-order valence-electron chi connectivity index (χ3n) is 6.10. The van der Waals surface area contributed by atoms with E-state index in [2.05, 4.69) is 33.0 Å². The average Bonchev–Trinajstić information content (AvgIpc) is 2.44. The Morgan fingerprint density at radius 3 is 2.65 bits per heavy atom. The van der Waals surface area contributed by atoms with Gasteiger partial charge in [0, 0.05) is 18.1 Å². The molecule has 2 heteroatoms. The molecule has 0 bridgehead atoms. The van der Waals surface area contributed by atoms with E-state index in [0.717, 1.165) is 18.4 Å². The van der Waals surface area contributed by atoms with E-state index in [9.17, 15) is 0 Å². The Kier molecular flexibility index (Phi) is 5.92. The summed E-state index contributed by atoms with van der Waals surface area (Å²) in [6.07, 6.45) is 10.1. The van der Waals surface area contributed by atoms with Crippen LogP contribution in [0.3, 0.4) is 0 Å². The van der Waals surface area contributed by atoms with E-state index < -0.39 is 0 Å². The molecule has 2 aliphatic rings. The molecular formula is C18H35NO. The highest BCUT2D eigenvalue weighted by atomic mass is 16.5. The largest absolute Gasteiger partial charge is 0.378 e. The maximum Gasteiger partial charge on any atom is 0.0658 e. The summed E-state index contributed by atoms with van der Waals surface area (Å²) in [5.41, 5.74) is 0.357. The molecule has 1 N–H and O–H groups in total. The minimum absolute atomic E-state index is 0.357. The zero-order valence-electron chi connectivity index (χ0n) is 14.1. The van der Waals surface area contributed by atoms with E-state index in [-0.39, 0.29) is 0 Å². The third-order valence-corrected chi connectivity index (χ3v) is 6.10. The molecule has 5 atom stereocenters. The van der Waals surface area contributed by atoms with Crippen LogP contribution in [-0.4, -0.2) is 25.3 Å². The van der Waals surface area contributed by atoms with Crippen molar-refractivity contribution in [2.24, 2.45) is 17.3 Å². The van der Waals surface area contributed by atoms with Crippen molar-refractivity contribution in [1.82, 2.24) is 5.32 Å². The lowest BCUT2D eigenvalue weighted by atomic mass is 9.61. The van der Waals surface area contributed by atoms with Crippen LogP contribution in [0.25, 0.3) is 0 Å². The van der Waals surface area contributed by atoms with Crippen LogP contribution in [0.1, 0.15) is 72.6 Å². The van der Waals surface area contributed by atoms with Crippen molar-refractivity contribution < 1.29 is 4.74 Å². The van der Waals surface area contributed by atoms with E-state index >= 15 is 0 Å². The van der Waals surface area contributed by atoms with Gasteiger partial charge < -0.3 is 10.1 Å². The molecule has 0 aromatic rings. The fourth-order valence-electron chi connectivity index (χ4n) is 4.35. The van der Waals surface area contributed by atoms with Gasteiger partial charge in [-0.25, -0.2) is 0 Å². The molecule has 0 aliphatic heterocycles. The van der Waals surface area contributed by atoms with Crippen molar-refractivity contribution in [2.45, 2.75) is 84.8 Å². The molecule has 20 heavy (non-hydrogen) atoms. The van der Waals surface area contributed by atoms with Crippen molar-refractivity contribution in [3.63, 3.8) is 0 Å². The van der Waals surface area contributed by atoms with Gasteiger partial charge in [0.05, 0.1) is 6.10 Å². The third kappa shape index (κ3) is 3.57. The van der Waals surface area contributed by atoms with E-state index in [1.54, 1.807) is 0 Å². The monoisotopic (exact) mass is 281 g/mol. The molecule has 0 heterocycles. The van der Waals surface area contributed by atoms with Gasteiger partial charge in [-0.05, 0) is 51.0 Å². The summed E-state index contributed by atoms with van der Waals surface area (Å²) in [5, 5.41) is 3.83. The van der Waals surface area contributed by atoms with Gasteiger partial charge in [0.15, 0.2) is 0 Å². The molecule has 0 spiro atoms. The molecule has 0 saturated heterocycles. The van der Waals surface area contributed by atoms with Crippen LogP contribution < -0.4 is 5.32 Å². The minimum atomic E-state index is 0.357. The van der Waals surface area contributed by atoms with Crippen LogP contribution in [0.15, 0.2) is 0 Å². The molecule has 2 nitrogen and oxygen atoms in total. The van der Waals surface area contributed by atoms with Gasteiger partial charge in [0.1, 0.15) is 0 Å². The van der Waals surface area contributed by atoms with Crippen LogP contribution >= 0.6 is 0 Å². The number of hydrogen-bond acceptors (Lipinski definition) is 2. The Bertz CT molecular complexity index is 293. The van der Waals surface area contributed by atoms with Gasteiger partial charge in [-0.1, -0.05) is 40.0 Å². The SMILES string of the molecule is CCOC1CC(NCCC2CCCC(C)C2)C1(C)CC. The Balaban J connectivity index is 1.69. The van der Waals surface area contributed by atoms with Crippen molar-refractivity contribution in [2.75, 3.05) is 13.2 Å². The second-order valence-electron chi connectivity index (χ2n) is 7.47. The van der Waals surface area contributed by atoms with Gasteiger partial charge in [-0.15, -0.1) is 0 Å². The average molecular weight is 281 g/mol. The summed E-state index contributed by atoms with van der Waals surface area (Å²) in [6.45, 7) is 11.3. The molecule has 0 aromatic heterocycles. The molecule has 2 rings (SSSR count). The molecule has 2 fully saturated rings. The predicted octanol–water partition coefficient (Wildman–Crippen LogP) is 4.39. The quantitative estimate of drug-likeness (QED) is 0.747. The highest BCUT2D eigenvalue weighted by Crippen LogP contribution is 2.45. The maximum atomic E-state index is 5.88. The van der Waals surface area contributed by atoms with Gasteiger partial charge >= 0.3 is 0 Å². The molecule has 5 unspecified atom stereocenters. The molecule has 2 aliphatic carbocycles.